The predicted octanol–water partition coefficient (Wildman–Crippen LogP) is 3.83. The topological polar surface area (TPSA) is 149 Å². The molecular weight excluding hydrogens is 621 g/mol. The summed E-state index contributed by atoms with van der Waals surface area (Å²) in [6.07, 6.45) is -3.03. The van der Waals surface area contributed by atoms with Crippen LogP contribution in [0.3, 0.4) is 0 Å². The van der Waals surface area contributed by atoms with E-state index in [9.17, 15) is 41.3 Å². The Balaban J connectivity index is 1.32. The van der Waals surface area contributed by atoms with E-state index in [0.29, 0.717) is 30.2 Å². The minimum Gasteiger partial charge on any atom is -0.467 e. The average Bonchev–Trinajstić information content (AvgIpc) is 3.46. The SMILES string of the molecule is COC(=O)C1CN(S(=O)(=O)c2ccc3c(c2)C(C(=O)OCc2ccc([N+](=O)[O-])cc2)CC3)CCN1c1ccc(C(F)(F)F)cn1. The summed E-state index contributed by atoms with van der Waals surface area (Å²) < 4.78 is 78.0. The molecule has 1 saturated heterocycles. The second kappa shape index (κ2) is 12.4. The molecule has 2 aliphatic rings. The van der Waals surface area contributed by atoms with Crippen LogP contribution >= 0.6 is 0 Å². The summed E-state index contributed by atoms with van der Waals surface area (Å²) in [5.74, 6) is -2.02. The number of esters is 2. The van der Waals surface area contributed by atoms with E-state index in [2.05, 4.69) is 4.98 Å². The molecule has 238 valence electrons. The van der Waals surface area contributed by atoms with Crippen molar-refractivity contribution in [3.8, 4) is 0 Å². The van der Waals surface area contributed by atoms with Crippen LogP contribution in [0, 0.1) is 10.1 Å². The number of aryl methyl sites for hydroxylation is 1. The summed E-state index contributed by atoms with van der Waals surface area (Å²) in [7, 11) is -3.06. The first kappa shape index (κ1) is 31.8. The molecule has 45 heavy (non-hydrogen) atoms. The zero-order chi connectivity index (χ0) is 32.5. The van der Waals surface area contributed by atoms with Crippen molar-refractivity contribution in [3.63, 3.8) is 0 Å². The number of ether oxygens (including phenoxy) is 2. The predicted molar refractivity (Wildman–Crippen MR) is 152 cm³/mol. The Bertz CT molecular complexity index is 1720. The maximum Gasteiger partial charge on any atom is 0.417 e. The highest BCUT2D eigenvalue weighted by Gasteiger charge is 2.40. The van der Waals surface area contributed by atoms with Crippen molar-refractivity contribution in [1.29, 1.82) is 0 Å². The smallest absolute Gasteiger partial charge is 0.417 e. The molecule has 0 amide bonds. The monoisotopic (exact) mass is 648 g/mol. The second-order valence-corrected chi connectivity index (χ2v) is 12.4. The maximum atomic E-state index is 13.8. The molecule has 1 aliphatic carbocycles. The van der Waals surface area contributed by atoms with Crippen LogP contribution in [0.4, 0.5) is 24.7 Å². The van der Waals surface area contributed by atoms with Gasteiger partial charge in [-0.25, -0.2) is 18.2 Å². The van der Waals surface area contributed by atoms with Gasteiger partial charge in [-0.1, -0.05) is 6.07 Å². The highest BCUT2D eigenvalue weighted by molar-refractivity contribution is 7.89. The third-order valence-electron chi connectivity index (χ3n) is 7.83. The molecule has 0 N–H and O–H groups in total. The van der Waals surface area contributed by atoms with Crippen molar-refractivity contribution in [2.24, 2.45) is 0 Å². The number of rotatable bonds is 8. The van der Waals surface area contributed by atoms with E-state index in [-0.39, 0.29) is 42.6 Å². The number of carbonyl (C=O) groups excluding carboxylic acids is 2. The molecule has 5 rings (SSSR count). The molecule has 16 heteroatoms. The molecule has 12 nitrogen and oxygen atoms in total. The van der Waals surface area contributed by atoms with Crippen LogP contribution < -0.4 is 4.90 Å². The summed E-state index contributed by atoms with van der Waals surface area (Å²) >= 11 is 0. The maximum absolute atomic E-state index is 13.8. The van der Waals surface area contributed by atoms with Gasteiger partial charge < -0.3 is 14.4 Å². The molecule has 2 aromatic carbocycles. The van der Waals surface area contributed by atoms with Gasteiger partial charge in [0.15, 0.2) is 0 Å². The van der Waals surface area contributed by atoms with Crippen LogP contribution in [0.1, 0.15) is 34.6 Å². The van der Waals surface area contributed by atoms with Gasteiger partial charge in [0, 0.05) is 38.0 Å². The highest BCUT2D eigenvalue weighted by Crippen LogP contribution is 2.37. The third kappa shape index (κ3) is 6.61. The van der Waals surface area contributed by atoms with Crippen molar-refractivity contribution in [2.75, 3.05) is 31.6 Å². The molecule has 2 unspecified atom stereocenters. The molecule has 1 aliphatic heterocycles. The number of pyridine rings is 1. The van der Waals surface area contributed by atoms with Crippen LogP contribution in [0.5, 0.6) is 0 Å². The van der Waals surface area contributed by atoms with Crippen LogP contribution in [0.25, 0.3) is 0 Å². The molecular formula is C29H27F3N4O8S. The minimum absolute atomic E-state index is 0.0557. The van der Waals surface area contributed by atoms with Crippen molar-refractivity contribution < 1.29 is 45.6 Å². The molecule has 3 aromatic rings. The van der Waals surface area contributed by atoms with Crippen molar-refractivity contribution in [2.45, 2.75) is 42.5 Å². The van der Waals surface area contributed by atoms with Gasteiger partial charge in [0.05, 0.1) is 28.4 Å². The van der Waals surface area contributed by atoms with Crippen LogP contribution in [0.15, 0.2) is 65.7 Å². The number of hydrogen-bond acceptors (Lipinski definition) is 10. The van der Waals surface area contributed by atoms with E-state index in [0.717, 1.165) is 29.1 Å². The molecule has 0 bridgehead atoms. The zero-order valence-electron chi connectivity index (χ0n) is 23.8. The number of halogens is 3. The van der Waals surface area contributed by atoms with E-state index in [4.69, 9.17) is 9.47 Å². The highest BCUT2D eigenvalue weighted by atomic mass is 32.2. The van der Waals surface area contributed by atoms with E-state index < -0.39 is 50.6 Å². The number of anilines is 1. The Hall–Kier alpha value is -4.57. The Morgan fingerprint density at radius 2 is 1.80 bits per heavy atom. The number of benzene rings is 2. The van der Waals surface area contributed by atoms with Gasteiger partial charge in [-0.2, -0.15) is 17.5 Å². The summed E-state index contributed by atoms with van der Waals surface area (Å²) in [4.78, 5) is 41.2. The normalized spacial score (nSPS) is 18.7. The summed E-state index contributed by atoms with van der Waals surface area (Å²) in [6.45, 7) is -0.626. The first-order valence-corrected chi connectivity index (χ1v) is 15.1. The Morgan fingerprint density at radius 1 is 1.07 bits per heavy atom. The molecule has 0 radical (unpaired) electrons. The fraction of sp³-hybridized carbons (Fsp3) is 0.345. The number of nitro benzene ring substituents is 1. The van der Waals surface area contributed by atoms with Gasteiger partial charge in [-0.3, -0.25) is 14.9 Å². The van der Waals surface area contributed by atoms with Crippen LogP contribution in [-0.4, -0.2) is 67.4 Å². The summed E-state index contributed by atoms with van der Waals surface area (Å²) in [5.41, 5.74) is 0.777. The quantitative estimate of drug-likeness (QED) is 0.200. The van der Waals surface area contributed by atoms with Gasteiger partial charge in [0.25, 0.3) is 5.69 Å². The number of carbonyl (C=O) groups is 2. The van der Waals surface area contributed by atoms with Gasteiger partial charge in [-0.15, -0.1) is 0 Å². The van der Waals surface area contributed by atoms with Gasteiger partial charge in [0.2, 0.25) is 10.0 Å². The number of methoxy groups -OCH3 is 1. The number of sulfonamides is 1. The number of nitrogens with zero attached hydrogens (tertiary/aromatic N) is 4. The molecule has 2 atom stereocenters. The van der Waals surface area contributed by atoms with Crippen molar-refractivity contribution in [1.82, 2.24) is 9.29 Å². The number of hydrogen-bond donors (Lipinski definition) is 0. The zero-order valence-corrected chi connectivity index (χ0v) is 24.6. The lowest BCUT2D eigenvalue weighted by atomic mass is 10.0. The second-order valence-electron chi connectivity index (χ2n) is 10.5. The molecule has 2 heterocycles. The van der Waals surface area contributed by atoms with E-state index >= 15 is 0 Å². The van der Waals surface area contributed by atoms with E-state index in [1.165, 1.54) is 41.3 Å². The van der Waals surface area contributed by atoms with E-state index in [1.807, 2.05) is 0 Å². The van der Waals surface area contributed by atoms with Gasteiger partial charge >= 0.3 is 18.1 Å². The number of non-ortho nitro benzene ring substituents is 1. The lowest BCUT2D eigenvalue weighted by Crippen LogP contribution is -2.58. The third-order valence-corrected chi connectivity index (χ3v) is 9.69. The lowest BCUT2D eigenvalue weighted by Gasteiger charge is -2.39. The summed E-state index contributed by atoms with van der Waals surface area (Å²) in [5, 5.41) is 10.9. The molecule has 1 fully saturated rings. The van der Waals surface area contributed by atoms with Gasteiger partial charge in [0.1, 0.15) is 18.5 Å². The average molecular weight is 649 g/mol. The Labute approximate surface area is 255 Å². The fourth-order valence-corrected chi connectivity index (χ4v) is 6.89. The first-order valence-electron chi connectivity index (χ1n) is 13.7. The molecule has 0 spiro atoms. The largest absolute Gasteiger partial charge is 0.467 e. The van der Waals surface area contributed by atoms with E-state index in [1.54, 1.807) is 6.07 Å². The molecule has 0 saturated carbocycles. The van der Waals surface area contributed by atoms with Crippen LogP contribution in [-0.2, 0) is 48.3 Å². The number of aromatic nitrogens is 1. The summed E-state index contributed by atoms with van der Waals surface area (Å²) in [6, 6.07) is 10.8. The fourth-order valence-electron chi connectivity index (χ4n) is 5.42. The Morgan fingerprint density at radius 3 is 2.42 bits per heavy atom. The van der Waals surface area contributed by atoms with Crippen molar-refractivity contribution >= 4 is 33.5 Å². The lowest BCUT2D eigenvalue weighted by molar-refractivity contribution is -0.384. The first-order chi connectivity index (χ1) is 21.3. The number of nitro groups is 1. The number of piperazine rings is 1. The molecule has 1 aromatic heterocycles. The standard InChI is InChI=1S/C29H27F3N4O8S/c1-43-28(38)25-16-34(12-13-35(25)26-11-6-20(15-33-26)29(30,31)32)45(41,42)22-9-4-19-5-10-23(24(19)14-22)27(37)44-17-18-2-7-21(8-3-18)36(39)40/h2-4,6-9,11,14-15,23,25H,5,10,12-13,16-17H2,1H3. The number of fused-ring (bicyclic) bond motifs is 1. The minimum atomic E-state index is -4.60. The van der Waals surface area contributed by atoms with Crippen LogP contribution in [0.2, 0.25) is 0 Å². The Kier molecular flexibility index (Phi) is 8.80. The number of alkyl halides is 3. The van der Waals surface area contributed by atoms with Crippen molar-refractivity contribution in [3.05, 3.63) is 93.2 Å². The van der Waals surface area contributed by atoms with Gasteiger partial charge in [-0.05, 0) is 65.9 Å².